The zero-order valence-corrected chi connectivity index (χ0v) is 12.0. The average molecular weight is 287 g/mol. The Morgan fingerprint density at radius 1 is 1.38 bits per heavy atom. The van der Waals surface area contributed by atoms with Gasteiger partial charge >= 0.3 is 0 Å². The first-order chi connectivity index (χ1) is 10.2. The van der Waals surface area contributed by atoms with Gasteiger partial charge in [-0.05, 0) is 38.1 Å². The molecular formula is C15H17N3O3. The van der Waals surface area contributed by atoms with Crippen molar-refractivity contribution < 1.29 is 14.3 Å². The number of aryl methyl sites for hydroxylation is 1. The Labute approximate surface area is 122 Å². The number of rotatable bonds is 4. The second-order valence-electron chi connectivity index (χ2n) is 4.86. The first-order valence-corrected chi connectivity index (χ1v) is 6.91. The predicted molar refractivity (Wildman–Crippen MR) is 76.3 cm³/mol. The molecule has 110 valence electrons. The lowest BCUT2D eigenvalue weighted by Gasteiger charge is -2.12. The van der Waals surface area contributed by atoms with E-state index in [0.717, 1.165) is 12.2 Å². The Balaban J connectivity index is 1.70. The summed E-state index contributed by atoms with van der Waals surface area (Å²) in [7, 11) is 0. The summed E-state index contributed by atoms with van der Waals surface area (Å²) in [5, 5.41) is 7.32. The maximum atomic E-state index is 12.3. The Kier molecular flexibility index (Phi) is 3.51. The molecule has 0 saturated carbocycles. The van der Waals surface area contributed by atoms with E-state index >= 15 is 0 Å². The highest BCUT2D eigenvalue weighted by Crippen LogP contribution is 2.32. The molecule has 1 N–H and O–H groups in total. The third-order valence-corrected chi connectivity index (χ3v) is 3.41. The van der Waals surface area contributed by atoms with Gasteiger partial charge in [0.1, 0.15) is 0 Å². The van der Waals surface area contributed by atoms with Gasteiger partial charge in [0.25, 0.3) is 5.91 Å². The van der Waals surface area contributed by atoms with Crippen molar-refractivity contribution in [3.05, 3.63) is 41.7 Å². The van der Waals surface area contributed by atoms with Crippen molar-refractivity contribution in [2.24, 2.45) is 0 Å². The summed E-state index contributed by atoms with van der Waals surface area (Å²) in [4.78, 5) is 12.3. The number of nitrogens with one attached hydrogen (secondary N) is 1. The minimum Gasteiger partial charge on any atom is -0.454 e. The maximum absolute atomic E-state index is 12.3. The van der Waals surface area contributed by atoms with Crippen LogP contribution in [0.2, 0.25) is 0 Å². The molecule has 3 rings (SSSR count). The van der Waals surface area contributed by atoms with Crippen LogP contribution in [0.25, 0.3) is 0 Å². The molecule has 1 aliphatic rings. The van der Waals surface area contributed by atoms with Gasteiger partial charge in [-0.25, -0.2) is 0 Å². The van der Waals surface area contributed by atoms with Crippen molar-refractivity contribution in [1.29, 1.82) is 0 Å². The van der Waals surface area contributed by atoms with Crippen LogP contribution in [-0.4, -0.2) is 22.5 Å². The van der Waals surface area contributed by atoms with Crippen LogP contribution in [0.4, 0.5) is 0 Å². The second-order valence-corrected chi connectivity index (χ2v) is 4.86. The van der Waals surface area contributed by atoms with E-state index in [4.69, 9.17) is 9.47 Å². The van der Waals surface area contributed by atoms with Crippen LogP contribution in [0.5, 0.6) is 11.5 Å². The zero-order valence-electron chi connectivity index (χ0n) is 12.0. The molecule has 1 aromatic heterocycles. The summed E-state index contributed by atoms with van der Waals surface area (Å²) in [5.41, 5.74) is 1.38. The molecule has 1 atom stereocenters. The fraction of sp³-hybridized carbons (Fsp3) is 0.333. The highest BCUT2D eigenvalue weighted by atomic mass is 16.7. The number of nitrogens with zero attached hydrogens (tertiary/aromatic N) is 2. The minimum absolute atomic E-state index is 0.157. The summed E-state index contributed by atoms with van der Waals surface area (Å²) in [5.74, 6) is 1.11. The van der Waals surface area contributed by atoms with E-state index in [1.54, 1.807) is 18.2 Å². The van der Waals surface area contributed by atoms with E-state index in [1.807, 2.05) is 30.8 Å². The van der Waals surface area contributed by atoms with E-state index in [1.165, 1.54) is 0 Å². The van der Waals surface area contributed by atoms with Crippen LogP contribution < -0.4 is 14.8 Å². The van der Waals surface area contributed by atoms with Crippen LogP contribution >= 0.6 is 0 Å². The highest BCUT2D eigenvalue weighted by Gasteiger charge is 2.18. The lowest BCUT2D eigenvalue weighted by Crippen LogP contribution is -2.27. The van der Waals surface area contributed by atoms with Crippen molar-refractivity contribution in [3.63, 3.8) is 0 Å². The number of benzene rings is 1. The Hall–Kier alpha value is -2.50. The number of fused-ring (bicyclic) bond motifs is 1. The van der Waals surface area contributed by atoms with Crippen LogP contribution in [0.15, 0.2) is 30.5 Å². The summed E-state index contributed by atoms with van der Waals surface area (Å²) in [6.07, 6.45) is 1.90. The average Bonchev–Trinajstić information content (AvgIpc) is 3.15. The predicted octanol–water partition coefficient (Wildman–Crippen LogP) is 2.12. The summed E-state index contributed by atoms with van der Waals surface area (Å²) in [6.45, 7) is 4.94. The molecule has 0 spiro atoms. The standard InChI is InChI=1S/C15H17N3O3/c1-3-18-7-6-12(17-18)10(2)16-15(19)11-4-5-13-14(8-11)21-9-20-13/h4-8,10H,3,9H2,1-2H3,(H,16,19). The number of amides is 1. The Bertz CT molecular complexity index is 666. The van der Waals surface area contributed by atoms with Crippen LogP contribution in [0, 0.1) is 0 Å². The Morgan fingerprint density at radius 2 is 2.19 bits per heavy atom. The van der Waals surface area contributed by atoms with Gasteiger partial charge in [0, 0.05) is 18.3 Å². The molecule has 6 heteroatoms. The maximum Gasteiger partial charge on any atom is 0.251 e. The third-order valence-electron chi connectivity index (χ3n) is 3.41. The van der Waals surface area contributed by atoms with Crippen LogP contribution in [0.1, 0.15) is 35.9 Å². The fourth-order valence-electron chi connectivity index (χ4n) is 2.18. The zero-order chi connectivity index (χ0) is 14.8. The first-order valence-electron chi connectivity index (χ1n) is 6.91. The normalized spacial score (nSPS) is 14.0. The van der Waals surface area contributed by atoms with Gasteiger partial charge in [-0.2, -0.15) is 5.10 Å². The van der Waals surface area contributed by atoms with E-state index in [9.17, 15) is 4.79 Å². The number of hydrogen-bond acceptors (Lipinski definition) is 4. The molecule has 0 bridgehead atoms. The van der Waals surface area contributed by atoms with Gasteiger partial charge in [-0.3, -0.25) is 9.48 Å². The quantitative estimate of drug-likeness (QED) is 0.935. The molecule has 6 nitrogen and oxygen atoms in total. The number of ether oxygens (including phenoxy) is 2. The monoisotopic (exact) mass is 287 g/mol. The lowest BCUT2D eigenvalue weighted by atomic mass is 10.1. The molecule has 0 radical (unpaired) electrons. The SMILES string of the molecule is CCn1ccc(C(C)NC(=O)c2ccc3c(c2)OCO3)n1. The summed E-state index contributed by atoms with van der Waals surface area (Å²) in [6, 6.07) is 6.91. The van der Waals surface area contributed by atoms with Crippen molar-refractivity contribution >= 4 is 5.91 Å². The molecule has 1 aliphatic heterocycles. The molecule has 0 aliphatic carbocycles. The van der Waals surface area contributed by atoms with Gasteiger partial charge in [-0.1, -0.05) is 0 Å². The number of aromatic nitrogens is 2. The third kappa shape index (κ3) is 2.69. The van der Waals surface area contributed by atoms with Gasteiger partial charge < -0.3 is 14.8 Å². The number of hydrogen-bond donors (Lipinski definition) is 1. The molecule has 0 saturated heterocycles. The van der Waals surface area contributed by atoms with Crippen molar-refractivity contribution in [1.82, 2.24) is 15.1 Å². The van der Waals surface area contributed by atoms with Crippen molar-refractivity contribution in [3.8, 4) is 11.5 Å². The molecular weight excluding hydrogens is 270 g/mol. The molecule has 21 heavy (non-hydrogen) atoms. The topological polar surface area (TPSA) is 65.4 Å². The van der Waals surface area contributed by atoms with Gasteiger partial charge in [-0.15, -0.1) is 0 Å². The minimum atomic E-state index is -0.160. The van der Waals surface area contributed by atoms with Crippen molar-refractivity contribution in [2.75, 3.05) is 6.79 Å². The van der Waals surface area contributed by atoms with Gasteiger partial charge in [0.15, 0.2) is 11.5 Å². The van der Waals surface area contributed by atoms with E-state index in [0.29, 0.717) is 17.1 Å². The molecule has 2 heterocycles. The van der Waals surface area contributed by atoms with E-state index in [-0.39, 0.29) is 18.7 Å². The Morgan fingerprint density at radius 3 is 2.95 bits per heavy atom. The number of carbonyl (C=O) groups excluding carboxylic acids is 1. The van der Waals surface area contributed by atoms with E-state index in [2.05, 4.69) is 10.4 Å². The first kappa shape index (κ1) is 13.5. The molecule has 1 unspecified atom stereocenters. The molecule has 0 fully saturated rings. The number of carbonyl (C=O) groups is 1. The molecule has 1 amide bonds. The van der Waals surface area contributed by atoms with Gasteiger partial charge in [0.2, 0.25) is 6.79 Å². The largest absolute Gasteiger partial charge is 0.454 e. The molecule has 2 aromatic rings. The van der Waals surface area contributed by atoms with Crippen molar-refractivity contribution in [2.45, 2.75) is 26.4 Å². The fourth-order valence-corrected chi connectivity index (χ4v) is 2.18. The van der Waals surface area contributed by atoms with Gasteiger partial charge in [0.05, 0.1) is 11.7 Å². The highest BCUT2D eigenvalue weighted by molar-refractivity contribution is 5.95. The summed E-state index contributed by atoms with van der Waals surface area (Å²) < 4.78 is 12.3. The molecule has 1 aromatic carbocycles. The van der Waals surface area contributed by atoms with E-state index < -0.39 is 0 Å². The second kappa shape index (κ2) is 5.47. The summed E-state index contributed by atoms with van der Waals surface area (Å²) >= 11 is 0. The lowest BCUT2D eigenvalue weighted by molar-refractivity contribution is 0.0938. The van der Waals surface area contributed by atoms with Crippen LogP contribution in [-0.2, 0) is 6.54 Å². The van der Waals surface area contributed by atoms with Crippen LogP contribution in [0.3, 0.4) is 0 Å². The smallest absolute Gasteiger partial charge is 0.251 e.